The molecule has 1 atom stereocenters. The van der Waals surface area contributed by atoms with Crippen LogP contribution in [-0.4, -0.2) is 34.3 Å². The maximum atomic E-state index is 13.6. The van der Waals surface area contributed by atoms with E-state index >= 15 is 0 Å². The highest BCUT2D eigenvalue weighted by Crippen LogP contribution is 2.26. The molecule has 3 aromatic rings. The Balaban J connectivity index is 0.00000210. The molecule has 0 amide bonds. The molecule has 2 aromatic carbocycles. The van der Waals surface area contributed by atoms with Gasteiger partial charge in [-0.15, -0.1) is 12.4 Å². The van der Waals surface area contributed by atoms with E-state index in [1.165, 1.54) is 12.1 Å². The number of anilines is 3. The second kappa shape index (κ2) is 8.37. The van der Waals surface area contributed by atoms with Crippen molar-refractivity contribution in [3.8, 4) is 5.75 Å². The number of phenolic OH excluding ortho intramolecular Hbond substituents is 1. The van der Waals surface area contributed by atoms with Gasteiger partial charge in [0.25, 0.3) is 0 Å². The molecular weight excluding hydrogens is 371 g/mol. The second-order valence-electron chi connectivity index (χ2n) is 6.22. The van der Waals surface area contributed by atoms with Gasteiger partial charge in [0, 0.05) is 30.3 Å². The predicted octanol–water partition coefficient (Wildman–Crippen LogP) is 4.23. The third-order valence-corrected chi connectivity index (χ3v) is 4.33. The smallest absolute Gasteiger partial charge is 0.229 e. The quantitative estimate of drug-likeness (QED) is 0.566. The van der Waals surface area contributed by atoms with Crippen molar-refractivity contribution in [1.82, 2.24) is 9.97 Å². The number of nitrogens with one attached hydrogen (secondary N) is 2. The molecule has 8 heteroatoms. The number of hydrogen-bond donors (Lipinski definition) is 3. The number of rotatable bonds is 5. The van der Waals surface area contributed by atoms with E-state index in [0.29, 0.717) is 24.0 Å². The third-order valence-electron chi connectivity index (χ3n) is 4.33. The van der Waals surface area contributed by atoms with Crippen molar-refractivity contribution in [3.63, 3.8) is 0 Å². The molecule has 0 spiro atoms. The standard InChI is InChI=1S/C19H19FN4O2.ClH/c20-15-10-12(7-8-17(15)25)22-19-23-16-6-2-1-5-14(16)18(24-19)21-11-13-4-3-9-26-13;/h1-2,5-8,10,13,25H,3-4,9,11H2,(H2,21,22,23,24);1H. The fraction of sp³-hybridized carbons (Fsp3) is 0.263. The summed E-state index contributed by atoms with van der Waals surface area (Å²) in [5.41, 5.74) is 1.24. The average Bonchev–Trinajstić information content (AvgIpc) is 3.16. The highest BCUT2D eigenvalue weighted by Gasteiger charge is 2.16. The SMILES string of the molecule is Cl.Oc1ccc(Nc2nc(NCC3CCCO3)c3ccccc3n2)cc1F. The van der Waals surface area contributed by atoms with Gasteiger partial charge in [-0.25, -0.2) is 9.37 Å². The van der Waals surface area contributed by atoms with Gasteiger partial charge in [-0.3, -0.25) is 0 Å². The summed E-state index contributed by atoms with van der Waals surface area (Å²) in [5, 5.41) is 16.6. The van der Waals surface area contributed by atoms with E-state index < -0.39 is 11.6 Å². The number of halogens is 2. The van der Waals surface area contributed by atoms with Gasteiger partial charge in [0.2, 0.25) is 5.95 Å². The summed E-state index contributed by atoms with van der Waals surface area (Å²) in [4.78, 5) is 9.02. The van der Waals surface area contributed by atoms with Gasteiger partial charge >= 0.3 is 0 Å². The van der Waals surface area contributed by atoms with Crippen molar-refractivity contribution >= 4 is 40.8 Å². The Morgan fingerprint density at radius 3 is 2.81 bits per heavy atom. The van der Waals surface area contributed by atoms with Crippen molar-refractivity contribution in [1.29, 1.82) is 0 Å². The van der Waals surface area contributed by atoms with E-state index in [1.807, 2.05) is 24.3 Å². The van der Waals surface area contributed by atoms with Gasteiger partial charge < -0.3 is 20.5 Å². The molecular formula is C19H20ClFN4O2. The first-order chi connectivity index (χ1) is 12.7. The number of nitrogens with zero attached hydrogens (tertiary/aromatic N) is 2. The largest absolute Gasteiger partial charge is 0.505 e. The number of aromatic nitrogens is 2. The van der Waals surface area contributed by atoms with Gasteiger partial charge in [0.05, 0.1) is 11.6 Å². The van der Waals surface area contributed by atoms with E-state index in [4.69, 9.17) is 4.74 Å². The molecule has 1 unspecified atom stereocenters. The lowest BCUT2D eigenvalue weighted by molar-refractivity contribution is 0.120. The second-order valence-corrected chi connectivity index (χ2v) is 6.22. The normalized spacial score (nSPS) is 16.1. The zero-order chi connectivity index (χ0) is 17.9. The molecule has 3 N–H and O–H groups in total. The Morgan fingerprint density at radius 1 is 1.19 bits per heavy atom. The molecule has 1 aromatic heterocycles. The first kappa shape index (κ1) is 19.1. The fourth-order valence-electron chi connectivity index (χ4n) is 3.00. The van der Waals surface area contributed by atoms with Gasteiger partial charge in [0.15, 0.2) is 11.6 Å². The molecule has 0 radical (unpaired) electrons. The predicted molar refractivity (Wildman–Crippen MR) is 106 cm³/mol. The third kappa shape index (κ3) is 4.37. The Morgan fingerprint density at radius 2 is 2.04 bits per heavy atom. The van der Waals surface area contributed by atoms with E-state index in [2.05, 4.69) is 20.6 Å². The lowest BCUT2D eigenvalue weighted by Gasteiger charge is -2.14. The molecule has 142 valence electrons. The summed E-state index contributed by atoms with van der Waals surface area (Å²) in [6.45, 7) is 1.48. The van der Waals surface area contributed by atoms with Crippen LogP contribution in [0.2, 0.25) is 0 Å². The molecule has 1 aliphatic heterocycles. The number of para-hydroxylation sites is 1. The summed E-state index contributed by atoms with van der Waals surface area (Å²) < 4.78 is 19.2. The molecule has 6 nitrogen and oxygen atoms in total. The molecule has 1 fully saturated rings. The van der Waals surface area contributed by atoms with Crippen molar-refractivity contribution in [3.05, 3.63) is 48.3 Å². The zero-order valence-electron chi connectivity index (χ0n) is 14.5. The topological polar surface area (TPSA) is 79.3 Å². The summed E-state index contributed by atoms with van der Waals surface area (Å²) in [7, 11) is 0. The van der Waals surface area contributed by atoms with Crippen molar-refractivity contribution in [2.75, 3.05) is 23.8 Å². The van der Waals surface area contributed by atoms with Crippen molar-refractivity contribution < 1.29 is 14.2 Å². The first-order valence-corrected chi connectivity index (χ1v) is 8.57. The highest BCUT2D eigenvalue weighted by molar-refractivity contribution is 5.90. The van der Waals surface area contributed by atoms with E-state index in [0.717, 1.165) is 30.4 Å². The van der Waals surface area contributed by atoms with Gasteiger partial charge in [-0.05, 0) is 37.1 Å². The maximum absolute atomic E-state index is 13.6. The highest BCUT2D eigenvalue weighted by atomic mass is 35.5. The van der Waals surface area contributed by atoms with Crippen LogP contribution in [0.4, 0.5) is 21.8 Å². The Hall–Kier alpha value is -2.64. The lowest BCUT2D eigenvalue weighted by Crippen LogP contribution is -2.19. The number of phenols is 1. The Labute approximate surface area is 162 Å². The molecule has 0 saturated carbocycles. The van der Waals surface area contributed by atoms with Gasteiger partial charge in [-0.2, -0.15) is 4.98 Å². The number of aromatic hydroxyl groups is 1. The molecule has 27 heavy (non-hydrogen) atoms. The van der Waals surface area contributed by atoms with Crippen LogP contribution < -0.4 is 10.6 Å². The summed E-state index contributed by atoms with van der Waals surface area (Å²) in [6, 6.07) is 11.8. The van der Waals surface area contributed by atoms with E-state index in [1.54, 1.807) is 6.07 Å². The first-order valence-electron chi connectivity index (χ1n) is 8.57. The fourth-order valence-corrected chi connectivity index (χ4v) is 3.00. The van der Waals surface area contributed by atoms with Crippen LogP contribution in [0.3, 0.4) is 0 Å². The Kier molecular flexibility index (Phi) is 5.93. The van der Waals surface area contributed by atoms with Gasteiger partial charge in [-0.1, -0.05) is 12.1 Å². The van der Waals surface area contributed by atoms with E-state index in [-0.39, 0.29) is 18.5 Å². The maximum Gasteiger partial charge on any atom is 0.229 e. The van der Waals surface area contributed by atoms with Crippen molar-refractivity contribution in [2.24, 2.45) is 0 Å². The summed E-state index contributed by atoms with van der Waals surface area (Å²) in [6.07, 6.45) is 2.30. The molecule has 0 bridgehead atoms. The summed E-state index contributed by atoms with van der Waals surface area (Å²) >= 11 is 0. The monoisotopic (exact) mass is 390 g/mol. The molecule has 1 saturated heterocycles. The zero-order valence-corrected chi connectivity index (χ0v) is 15.3. The van der Waals surface area contributed by atoms with E-state index in [9.17, 15) is 9.50 Å². The van der Waals surface area contributed by atoms with Crippen LogP contribution in [0.15, 0.2) is 42.5 Å². The minimum atomic E-state index is -0.701. The Bertz CT molecular complexity index is 935. The van der Waals surface area contributed by atoms with Crippen LogP contribution in [0.25, 0.3) is 10.9 Å². The summed E-state index contributed by atoms with van der Waals surface area (Å²) in [5.74, 6) is -0.0436. The number of benzene rings is 2. The van der Waals surface area contributed by atoms with Crippen molar-refractivity contribution in [2.45, 2.75) is 18.9 Å². The number of ether oxygens (including phenoxy) is 1. The van der Waals surface area contributed by atoms with Crippen LogP contribution >= 0.6 is 12.4 Å². The molecule has 2 heterocycles. The lowest BCUT2D eigenvalue weighted by atomic mass is 10.2. The van der Waals surface area contributed by atoms with Crippen LogP contribution in [0.1, 0.15) is 12.8 Å². The average molecular weight is 391 g/mol. The molecule has 1 aliphatic rings. The van der Waals surface area contributed by atoms with Crippen LogP contribution in [0.5, 0.6) is 5.75 Å². The molecule has 4 rings (SSSR count). The molecule has 0 aliphatic carbocycles. The van der Waals surface area contributed by atoms with Crippen LogP contribution in [-0.2, 0) is 4.74 Å². The minimum Gasteiger partial charge on any atom is -0.505 e. The van der Waals surface area contributed by atoms with Gasteiger partial charge in [0.1, 0.15) is 5.82 Å². The number of hydrogen-bond acceptors (Lipinski definition) is 6. The van der Waals surface area contributed by atoms with Crippen LogP contribution in [0, 0.1) is 5.82 Å². The number of fused-ring (bicyclic) bond motifs is 1. The minimum absolute atomic E-state index is 0.